The molecule has 0 aromatic heterocycles. The van der Waals surface area contributed by atoms with Gasteiger partial charge in [-0.05, 0) is 62.8 Å². The quantitative estimate of drug-likeness (QED) is 0.760. The Balaban J connectivity index is 1.76. The molecular formula is C17H25N3O2. The van der Waals surface area contributed by atoms with Crippen molar-refractivity contribution < 1.29 is 9.53 Å². The molecule has 0 heterocycles. The highest BCUT2D eigenvalue weighted by Crippen LogP contribution is 2.24. The van der Waals surface area contributed by atoms with Gasteiger partial charge in [0.05, 0.1) is 13.2 Å². The van der Waals surface area contributed by atoms with Crippen LogP contribution < -0.4 is 15.5 Å². The number of rotatable bonds is 7. The van der Waals surface area contributed by atoms with Gasteiger partial charge in [-0.15, -0.1) is 0 Å². The maximum absolute atomic E-state index is 11.8. The first-order valence-corrected chi connectivity index (χ1v) is 8.05. The third kappa shape index (κ3) is 4.76. The summed E-state index contributed by atoms with van der Waals surface area (Å²) in [5.41, 5.74) is 4.68. The molecule has 0 radical (unpaired) electrons. The lowest BCUT2D eigenvalue weighted by atomic mass is 10.0. The van der Waals surface area contributed by atoms with Gasteiger partial charge in [0.15, 0.2) is 0 Å². The van der Waals surface area contributed by atoms with Crippen molar-refractivity contribution in [3.8, 4) is 5.75 Å². The van der Waals surface area contributed by atoms with E-state index in [4.69, 9.17) is 4.74 Å². The van der Waals surface area contributed by atoms with Crippen LogP contribution in [0, 0.1) is 5.92 Å². The Morgan fingerprint density at radius 2 is 2.09 bits per heavy atom. The Hall–Kier alpha value is -2.04. The number of benzene rings is 1. The van der Waals surface area contributed by atoms with Crippen molar-refractivity contribution in [3.63, 3.8) is 0 Å². The van der Waals surface area contributed by atoms with Crippen LogP contribution >= 0.6 is 0 Å². The smallest absolute Gasteiger partial charge is 0.259 e. The van der Waals surface area contributed by atoms with Crippen LogP contribution in [0.25, 0.3) is 0 Å². The van der Waals surface area contributed by atoms with E-state index in [2.05, 4.69) is 22.8 Å². The van der Waals surface area contributed by atoms with Crippen LogP contribution in [0.1, 0.15) is 39.5 Å². The molecule has 2 N–H and O–H groups in total. The Bertz CT molecular complexity index is 511. The monoisotopic (exact) mass is 303 g/mol. The molecule has 1 fully saturated rings. The second kappa shape index (κ2) is 8.41. The highest BCUT2D eigenvalue weighted by molar-refractivity contribution is 5.90. The van der Waals surface area contributed by atoms with Crippen molar-refractivity contribution in [1.29, 1.82) is 0 Å². The Kier molecular flexibility index (Phi) is 6.25. The first kappa shape index (κ1) is 16.3. The zero-order valence-electron chi connectivity index (χ0n) is 13.4. The lowest BCUT2D eigenvalue weighted by Crippen LogP contribution is -2.27. The Morgan fingerprint density at radius 3 is 2.77 bits per heavy atom. The van der Waals surface area contributed by atoms with Crippen LogP contribution in [0.4, 0.5) is 5.69 Å². The van der Waals surface area contributed by atoms with Crippen molar-refractivity contribution in [2.24, 2.45) is 11.0 Å². The van der Waals surface area contributed by atoms with Crippen LogP contribution in [0.15, 0.2) is 29.4 Å². The highest BCUT2D eigenvalue weighted by Gasteiger charge is 2.20. The number of ether oxygens (including phenoxy) is 1. The Morgan fingerprint density at radius 1 is 1.32 bits per heavy atom. The number of carbonyl (C=O) groups excluding carboxylic acids is 1. The summed E-state index contributed by atoms with van der Waals surface area (Å²) in [5.74, 6) is 1.25. The van der Waals surface area contributed by atoms with Crippen LogP contribution in [0.2, 0.25) is 0 Å². The summed E-state index contributed by atoms with van der Waals surface area (Å²) >= 11 is 0. The minimum absolute atomic E-state index is 0.122. The maximum atomic E-state index is 11.8. The number of nitrogens with one attached hydrogen (secondary N) is 2. The van der Waals surface area contributed by atoms with Gasteiger partial charge >= 0.3 is 0 Å². The predicted octanol–water partition coefficient (Wildman–Crippen LogP) is 3.18. The van der Waals surface area contributed by atoms with E-state index in [1.165, 1.54) is 12.8 Å². The van der Waals surface area contributed by atoms with E-state index < -0.39 is 0 Å². The van der Waals surface area contributed by atoms with Crippen LogP contribution in [-0.2, 0) is 4.79 Å². The summed E-state index contributed by atoms with van der Waals surface area (Å²) < 4.78 is 5.38. The molecule has 0 saturated heterocycles. The number of amides is 1. The van der Waals surface area contributed by atoms with E-state index in [1.807, 2.05) is 31.2 Å². The second-order valence-electron chi connectivity index (χ2n) is 5.45. The molecule has 1 amide bonds. The third-order valence-corrected chi connectivity index (χ3v) is 3.89. The third-order valence-electron chi connectivity index (χ3n) is 3.89. The van der Waals surface area contributed by atoms with Gasteiger partial charge in [-0.2, -0.15) is 5.10 Å². The predicted molar refractivity (Wildman–Crippen MR) is 89.3 cm³/mol. The van der Waals surface area contributed by atoms with Crippen LogP contribution in [-0.4, -0.2) is 24.8 Å². The fraction of sp³-hybridized carbons (Fsp3) is 0.529. The molecule has 1 aliphatic carbocycles. The highest BCUT2D eigenvalue weighted by atomic mass is 16.5. The standard InChI is InChI=1S/C17H25N3O2/c1-3-13-6-5-7-16(13)19-20-17(21)12-18-14-8-10-15(11-9-14)22-4-2/h8-11,13,18H,3-7,12H2,1-2H3,(H,20,21)/b19-16-. The summed E-state index contributed by atoms with van der Waals surface area (Å²) in [6.07, 6.45) is 4.47. The van der Waals surface area contributed by atoms with Crippen molar-refractivity contribution >= 4 is 17.3 Å². The van der Waals surface area contributed by atoms with Crippen molar-refractivity contribution in [1.82, 2.24) is 5.43 Å². The molecule has 120 valence electrons. The summed E-state index contributed by atoms with van der Waals surface area (Å²) in [6.45, 7) is 4.97. The molecule has 5 heteroatoms. The number of hydrogen-bond acceptors (Lipinski definition) is 4. The van der Waals surface area contributed by atoms with E-state index in [-0.39, 0.29) is 12.5 Å². The molecule has 0 bridgehead atoms. The lowest BCUT2D eigenvalue weighted by molar-refractivity contribution is -0.119. The minimum Gasteiger partial charge on any atom is -0.494 e. The van der Waals surface area contributed by atoms with Gasteiger partial charge in [0.25, 0.3) is 5.91 Å². The molecule has 1 aromatic carbocycles. The number of anilines is 1. The number of nitrogens with zero attached hydrogens (tertiary/aromatic N) is 1. The largest absolute Gasteiger partial charge is 0.494 e. The average molecular weight is 303 g/mol. The second-order valence-corrected chi connectivity index (χ2v) is 5.45. The van der Waals surface area contributed by atoms with E-state index in [1.54, 1.807) is 0 Å². The molecule has 1 saturated carbocycles. The molecule has 2 rings (SSSR count). The number of hydrogen-bond donors (Lipinski definition) is 2. The van der Waals surface area contributed by atoms with Crippen LogP contribution in [0.5, 0.6) is 5.75 Å². The van der Waals surface area contributed by atoms with Gasteiger partial charge in [0.2, 0.25) is 0 Å². The van der Waals surface area contributed by atoms with E-state index in [0.717, 1.165) is 30.0 Å². The molecule has 1 atom stereocenters. The lowest BCUT2D eigenvalue weighted by Gasteiger charge is -2.09. The van der Waals surface area contributed by atoms with Crippen molar-refractivity contribution in [3.05, 3.63) is 24.3 Å². The topological polar surface area (TPSA) is 62.7 Å². The number of hydrazone groups is 1. The SMILES string of the molecule is CCOc1ccc(NCC(=O)N/N=C2/CCCC2CC)cc1. The van der Waals surface area contributed by atoms with Crippen LogP contribution in [0.3, 0.4) is 0 Å². The van der Waals surface area contributed by atoms with Gasteiger partial charge in [0.1, 0.15) is 5.75 Å². The van der Waals surface area contributed by atoms with E-state index in [9.17, 15) is 4.79 Å². The molecular weight excluding hydrogens is 278 g/mol. The molecule has 1 aliphatic rings. The van der Waals surface area contributed by atoms with E-state index in [0.29, 0.717) is 12.5 Å². The summed E-state index contributed by atoms with van der Waals surface area (Å²) in [6, 6.07) is 7.56. The summed E-state index contributed by atoms with van der Waals surface area (Å²) in [5, 5.41) is 7.36. The van der Waals surface area contributed by atoms with Crippen molar-refractivity contribution in [2.75, 3.05) is 18.5 Å². The first-order chi connectivity index (χ1) is 10.7. The summed E-state index contributed by atoms with van der Waals surface area (Å²) in [4.78, 5) is 11.8. The zero-order valence-corrected chi connectivity index (χ0v) is 13.4. The molecule has 1 aromatic rings. The van der Waals surface area contributed by atoms with Gasteiger partial charge in [-0.1, -0.05) is 6.92 Å². The fourth-order valence-electron chi connectivity index (χ4n) is 2.68. The summed E-state index contributed by atoms with van der Waals surface area (Å²) in [7, 11) is 0. The molecule has 22 heavy (non-hydrogen) atoms. The molecule has 0 aliphatic heterocycles. The first-order valence-electron chi connectivity index (χ1n) is 8.05. The maximum Gasteiger partial charge on any atom is 0.259 e. The molecule has 5 nitrogen and oxygen atoms in total. The zero-order chi connectivity index (χ0) is 15.8. The Labute approximate surface area is 132 Å². The average Bonchev–Trinajstić information content (AvgIpc) is 3.00. The van der Waals surface area contributed by atoms with Gasteiger partial charge in [0, 0.05) is 11.4 Å². The normalized spacial score (nSPS) is 19.2. The van der Waals surface area contributed by atoms with Gasteiger partial charge in [-0.3, -0.25) is 4.79 Å². The fourth-order valence-corrected chi connectivity index (χ4v) is 2.68. The molecule has 1 unspecified atom stereocenters. The van der Waals surface area contributed by atoms with Crippen molar-refractivity contribution in [2.45, 2.75) is 39.5 Å². The minimum atomic E-state index is -0.122. The van der Waals surface area contributed by atoms with E-state index >= 15 is 0 Å². The van der Waals surface area contributed by atoms with Gasteiger partial charge < -0.3 is 10.1 Å². The van der Waals surface area contributed by atoms with Gasteiger partial charge in [-0.25, -0.2) is 5.43 Å². The molecule has 0 spiro atoms. The number of carbonyl (C=O) groups is 1.